The number of hydrogen-bond acceptors (Lipinski definition) is 5. The number of ether oxygens (including phenoxy) is 2. The van der Waals surface area contributed by atoms with Crippen LogP contribution in [-0.2, 0) is 6.42 Å². The van der Waals surface area contributed by atoms with Crippen LogP contribution < -0.4 is 9.47 Å². The van der Waals surface area contributed by atoms with Crippen molar-refractivity contribution in [1.29, 1.82) is 0 Å². The van der Waals surface area contributed by atoms with Crippen molar-refractivity contribution in [2.24, 2.45) is 0 Å². The summed E-state index contributed by atoms with van der Waals surface area (Å²) >= 11 is 0. The van der Waals surface area contributed by atoms with Gasteiger partial charge in [-0.2, -0.15) is 4.98 Å². The van der Waals surface area contributed by atoms with Crippen LogP contribution >= 0.6 is 0 Å². The summed E-state index contributed by atoms with van der Waals surface area (Å²) in [4.78, 5) is 8.65. The monoisotopic (exact) mass is 296 g/mol. The van der Waals surface area contributed by atoms with Crippen LogP contribution in [0.4, 0.5) is 0 Å². The number of nitrogens with zero attached hydrogens (tertiary/aromatic N) is 2. The van der Waals surface area contributed by atoms with Crippen LogP contribution in [0, 0.1) is 0 Å². The van der Waals surface area contributed by atoms with E-state index >= 15 is 0 Å². The predicted molar refractivity (Wildman–Crippen MR) is 83.6 cm³/mol. The molecule has 0 fully saturated rings. The smallest absolute Gasteiger partial charge is 0.222 e. The lowest BCUT2D eigenvalue weighted by atomic mass is 10.1. The van der Waals surface area contributed by atoms with Gasteiger partial charge < -0.3 is 14.6 Å². The number of hydrogen-bond donors (Lipinski definition) is 1. The van der Waals surface area contributed by atoms with Crippen molar-refractivity contribution in [3.8, 4) is 17.4 Å². The molecular weight excluding hydrogens is 280 g/mol. The van der Waals surface area contributed by atoms with Crippen molar-refractivity contribution >= 4 is 10.9 Å². The highest BCUT2D eigenvalue weighted by molar-refractivity contribution is 5.82. The van der Waals surface area contributed by atoms with Crippen LogP contribution in [0.2, 0.25) is 0 Å². The Morgan fingerprint density at radius 2 is 1.73 bits per heavy atom. The second kappa shape index (κ2) is 5.89. The van der Waals surface area contributed by atoms with Crippen molar-refractivity contribution < 1.29 is 14.6 Å². The fraction of sp³-hybridized carbons (Fsp3) is 0.176. The molecule has 3 aromatic rings. The Bertz CT molecular complexity index is 818. The van der Waals surface area contributed by atoms with Gasteiger partial charge in [0, 0.05) is 6.42 Å². The molecule has 0 aliphatic rings. The van der Waals surface area contributed by atoms with Gasteiger partial charge in [-0.1, -0.05) is 18.2 Å². The van der Waals surface area contributed by atoms with E-state index in [2.05, 4.69) is 9.97 Å². The van der Waals surface area contributed by atoms with Gasteiger partial charge in [0.1, 0.15) is 5.82 Å². The molecule has 1 N–H and O–H groups in total. The Labute approximate surface area is 128 Å². The molecule has 1 aromatic heterocycles. The highest BCUT2D eigenvalue weighted by Crippen LogP contribution is 2.28. The number of methoxy groups -OCH3 is 2. The van der Waals surface area contributed by atoms with Gasteiger partial charge in [-0.3, -0.25) is 0 Å². The molecule has 0 radical (unpaired) electrons. The van der Waals surface area contributed by atoms with E-state index in [1.165, 1.54) is 0 Å². The molecular formula is C17H16N2O3. The van der Waals surface area contributed by atoms with Crippen LogP contribution in [0.3, 0.4) is 0 Å². The molecule has 0 saturated heterocycles. The van der Waals surface area contributed by atoms with Crippen LogP contribution in [0.1, 0.15) is 11.4 Å². The Hall–Kier alpha value is -2.82. The van der Waals surface area contributed by atoms with E-state index in [9.17, 15) is 5.11 Å². The van der Waals surface area contributed by atoms with Gasteiger partial charge in [0.2, 0.25) is 5.88 Å². The van der Waals surface area contributed by atoms with Crippen LogP contribution in [0.5, 0.6) is 17.4 Å². The van der Waals surface area contributed by atoms with Gasteiger partial charge in [-0.25, -0.2) is 4.98 Å². The van der Waals surface area contributed by atoms with E-state index in [1.807, 2.05) is 36.4 Å². The molecule has 0 aliphatic heterocycles. The van der Waals surface area contributed by atoms with Crippen molar-refractivity contribution in [3.05, 3.63) is 53.9 Å². The summed E-state index contributed by atoms with van der Waals surface area (Å²) in [5.41, 5.74) is 1.71. The minimum atomic E-state index is 0.000997. The summed E-state index contributed by atoms with van der Waals surface area (Å²) < 4.78 is 10.5. The maximum Gasteiger partial charge on any atom is 0.222 e. The maximum atomic E-state index is 10.0. The van der Waals surface area contributed by atoms with E-state index in [-0.39, 0.29) is 5.88 Å². The Morgan fingerprint density at radius 3 is 2.50 bits per heavy atom. The van der Waals surface area contributed by atoms with Crippen molar-refractivity contribution in [2.45, 2.75) is 6.42 Å². The van der Waals surface area contributed by atoms with Crippen LogP contribution in [0.15, 0.2) is 42.5 Å². The maximum absolute atomic E-state index is 10.0. The normalized spacial score (nSPS) is 10.6. The average molecular weight is 296 g/mol. The van der Waals surface area contributed by atoms with E-state index < -0.39 is 0 Å². The second-order valence-electron chi connectivity index (χ2n) is 4.85. The molecule has 2 aromatic carbocycles. The zero-order valence-corrected chi connectivity index (χ0v) is 12.4. The lowest BCUT2D eigenvalue weighted by molar-refractivity contribution is 0.354. The first-order valence-electron chi connectivity index (χ1n) is 6.87. The first-order chi connectivity index (χ1) is 10.7. The summed E-state index contributed by atoms with van der Waals surface area (Å²) in [6.45, 7) is 0. The standard InChI is InChI=1S/C17H16N2O3/c1-21-14-8-7-11(9-15(14)22-2)10-16-18-13-6-4-3-5-12(13)17(20)19-16/h3-9H,10H2,1-2H3,(H,18,19,20). The predicted octanol–water partition coefficient (Wildman–Crippen LogP) is 2.94. The number of rotatable bonds is 4. The Kier molecular flexibility index (Phi) is 3.78. The lowest BCUT2D eigenvalue weighted by Gasteiger charge is -2.09. The van der Waals surface area contributed by atoms with Crippen LogP contribution in [0.25, 0.3) is 10.9 Å². The third-order valence-electron chi connectivity index (χ3n) is 3.44. The minimum absolute atomic E-state index is 0.000997. The summed E-state index contributed by atoms with van der Waals surface area (Å²) in [5.74, 6) is 1.89. The lowest BCUT2D eigenvalue weighted by Crippen LogP contribution is -1.99. The quantitative estimate of drug-likeness (QED) is 0.802. The molecule has 112 valence electrons. The molecule has 0 atom stereocenters. The van der Waals surface area contributed by atoms with Gasteiger partial charge in [0.15, 0.2) is 11.5 Å². The van der Waals surface area contributed by atoms with Gasteiger partial charge >= 0.3 is 0 Å². The third kappa shape index (κ3) is 2.65. The molecule has 0 amide bonds. The summed E-state index contributed by atoms with van der Waals surface area (Å²) in [5, 5.41) is 10.7. The molecule has 0 saturated carbocycles. The molecule has 22 heavy (non-hydrogen) atoms. The molecule has 1 heterocycles. The van der Waals surface area contributed by atoms with Gasteiger partial charge in [-0.15, -0.1) is 0 Å². The minimum Gasteiger partial charge on any atom is -0.493 e. The topological polar surface area (TPSA) is 64.5 Å². The number of benzene rings is 2. The van der Waals surface area contributed by atoms with Gasteiger partial charge in [0.25, 0.3) is 0 Å². The first kappa shape index (κ1) is 14.1. The number of aromatic hydroxyl groups is 1. The molecule has 0 spiro atoms. The Morgan fingerprint density at radius 1 is 0.955 bits per heavy atom. The second-order valence-corrected chi connectivity index (χ2v) is 4.85. The van der Waals surface area contributed by atoms with Gasteiger partial charge in [-0.05, 0) is 29.8 Å². The first-order valence-corrected chi connectivity index (χ1v) is 6.87. The average Bonchev–Trinajstić information content (AvgIpc) is 2.55. The van der Waals surface area contributed by atoms with E-state index in [0.717, 1.165) is 11.1 Å². The van der Waals surface area contributed by atoms with Crippen molar-refractivity contribution in [3.63, 3.8) is 0 Å². The number of fused-ring (bicyclic) bond motifs is 1. The number of para-hydroxylation sites is 1. The molecule has 5 nitrogen and oxygen atoms in total. The molecule has 0 unspecified atom stereocenters. The highest BCUT2D eigenvalue weighted by atomic mass is 16.5. The zero-order valence-electron chi connectivity index (χ0n) is 12.4. The van der Waals surface area contributed by atoms with Crippen molar-refractivity contribution in [2.75, 3.05) is 14.2 Å². The number of aromatic nitrogens is 2. The Balaban J connectivity index is 1.96. The van der Waals surface area contributed by atoms with E-state index in [4.69, 9.17) is 9.47 Å². The largest absolute Gasteiger partial charge is 0.493 e. The summed E-state index contributed by atoms with van der Waals surface area (Å²) in [6.07, 6.45) is 0.499. The molecule has 0 bridgehead atoms. The summed E-state index contributed by atoms with van der Waals surface area (Å²) in [6, 6.07) is 13.0. The summed E-state index contributed by atoms with van der Waals surface area (Å²) in [7, 11) is 3.20. The SMILES string of the molecule is COc1ccc(Cc2nc(O)c3ccccc3n2)cc1OC. The van der Waals surface area contributed by atoms with Gasteiger partial charge in [0.05, 0.1) is 25.1 Å². The fourth-order valence-electron chi connectivity index (χ4n) is 2.36. The highest BCUT2D eigenvalue weighted by Gasteiger charge is 2.09. The molecule has 0 aliphatic carbocycles. The molecule has 3 rings (SSSR count). The molecule has 5 heteroatoms. The van der Waals surface area contributed by atoms with E-state index in [1.54, 1.807) is 20.3 Å². The van der Waals surface area contributed by atoms with Crippen LogP contribution in [-0.4, -0.2) is 29.3 Å². The van der Waals surface area contributed by atoms with E-state index in [0.29, 0.717) is 29.1 Å². The third-order valence-corrected chi connectivity index (χ3v) is 3.44. The fourth-order valence-corrected chi connectivity index (χ4v) is 2.36. The zero-order chi connectivity index (χ0) is 15.5. The van der Waals surface area contributed by atoms with Crippen molar-refractivity contribution in [1.82, 2.24) is 9.97 Å².